The summed E-state index contributed by atoms with van der Waals surface area (Å²) in [5, 5.41) is 3.39. The van der Waals surface area contributed by atoms with Gasteiger partial charge in [0.15, 0.2) is 0 Å². The van der Waals surface area contributed by atoms with Gasteiger partial charge in [-0.3, -0.25) is 4.79 Å². The molecule has 0 unspecified atom stereocenters. The highest BCUT2D eigenvalue weighted by molar-refractivity contribution is 5.77. The average molecular weight is 238 g/mol. The molecule has 0 aromatic carbocycles. The first-order valence-electron chi connectivity index (χ1n) is 7.17. The van der Waals surface area contributed by atoms with Crippen LogP contribution in [-0.2, 0) is 4.79 Å². The number of carbonyl (C=O) groups is 1. The first-order valence-corrected chi connectivity index (χ1v) is 7.17. The van der Waals surface area contributed by atoms with Crippen LogP contribution in [0, 0.1) is 11.8 Å². The normalized spacial score (nSPS) is 21.8. The van der Waals surface area contributed by atoms with Gasteiger partial charge in [-0.25, -0.2) is 0 Å². The van der Waals surface area contributed by atoms with Gasteiger partial charge < -0.3 is 10.2 Å². The van der Waals surface area contributed by atoms with Crippen LogP contribution in [0.25, 0.3) is 0 Å². The number of hydrogen-bond donors (Lipinski definition) is 1. The third-order valence-electron chi connectivity index (χ3n) is 3.80. The Morgan fingerprint density at radius 1 is 1.24 bits per heavy atom. The highest BCUT2D eigenvalue weighted by atomic mass is 16.2. The van der Waals surface area contributed by atoms with E-state index < -0.39 is 0 Å². The Hall–Kier alpha value is -0.570. The van der Waals surface area contributed by atoms with E-state index in [2.05, 4.69) is 24.1 Å². The van der Waals surface area contributed by atoms with Gasteiger partial charge in [0.1, 0.15) is 0 Å². The molecule has 0 bridgehead atoms. The van der Waals surface area contributed by atoms with Crippen molar-refractivity contribution in [1.29, 1.82) is 0 Å². The van der Waals surface area contributed by atoms with E-state index in [9.17, 15) is 4.79 Å². The summed E-state index contributed by atoms with van der Waals surface area (Å²) in [6.07, 6.45) is 5.65. The summed E-state index contributed by atoms with van der Waals surface area (Å²) in [4.78, 5) is 14.4. The molecule has 0 spiro atoms. The molecule has 0 aromatic heterocycles. The molecule has 1 aliphatic heterocycles. The predicted octanol–water partition coefficient (Wildman–Crippen LogP) is 2.02. The molecule has 3 nitrogen and oxygen atoms in total. The summed E-state index contributed by atoms with van der Waals surface area (Å²) < 4.78 is 0. The topological polar surface area (TPSA) is 32.3 Å². The van der Waals surface area contributed by atoms with E-state index in [0.717, 1.165) is 32.0 Å². The van der Waals surface area contributed by atoms with Crippen molar-refractivity contribution in [3.8, 4) is 0 Å². The van der Waals surface area contributed by atoms with Crippen LogP contribution in [0.5, 0.6) is 0 Å². The summed E-state index contributed by atoms with van der Waals surface area (Å²) in [7, 11) is 0. The van der Waals surface area contributed by atoms with Gasteiger partial charge in [-0.05, 0) is 50.6 Å². The van der Waals surface area contributed by atoms with Crippen LogP contribution in [0.1, 0.15) is 46.0 Å². The molecule has 0 aromatic rings. The monoisotopic (exact) mass is 238 g/mol. The first-order chi connectivity index (χ1) is 8.16. The molecule has 1 saturated heterocycles. The molecule has 2 aliphatic rings. The smallest absolute Gasteiger partial charge is 0.223 e. The van der Waals surface area contributed by atoms with Crippen molar-refractivity contribution in [3.63, 3.8) is 0 Å². The molecule has 1 amide bonds. The number of nitrogens with one attached hydrogen (secondary N) is 1. The number of carbonyl (C=O) groups excluding carboxylic acids is 1. The summed E-state index contributed by atoms with van der Waals surface area (Å²) in [5.41, 5.74) is 0. The maximum atomic E-state index is 12.2. The second kappa shape index (κ2) is 5.85. The van der Waals surface area contributed by atoms with E-state index in [1.165, 1.54) is 25.7 Å². The molecule has 2 fully saturated rings. The maximum absolute atomic E-state index is 12.2. The predicted molar refractivity (Wildman–Crippen MR) is 69.8 cm³/mol. The number of amides is 1. The van der Waals surface area contributed by atoms with Gasteiger partial charge in [0, 0.05) is 19.0 Å². The van der Waals surface area contributed by atoms with Crippen LogP contribution in [0.3, 0.4) is 0 Å². The van der Waals surface area contributed by atoms with Crippen LogP contribution < -0.4 is 5.32 Å². The van der Waals surface area contributed by atoms with Crippen molar-refractivity contribution in [2.75, 3.05) is 19.6 Å². The molecular formula is C14H26N2O. The first kappa shape index (κ1) is 12.9. The second-order valence-electron chi connectivity index (χ2n) is 6.07. The van der Waals surface area contributed by atoms with Crippen molar-refractivity contribution in [1.82, 2.24) is 10.2 Å². The number of hydrogen-bond acceptors (Lipinski definition) is 2. The van der Waals surface area contributed by atoms with Gasteiger partial charge in [0.2, 0.25) is 5.91 Å². The highest BCUT2D eigenvalue weighted by Crippen LogP contribution is 2.30. The lowest BCUT2D eigenvalue weighted by atomic mass is 9.97. The molecule has 1 N–H and O–H groups in total. The zero-order valence-corrected chi connectivity index (χ0v) is 11.2. The summed E-state index contributed by atoms with van der Waals surface area (Å²) in [6, 6.07) is 0.580. The molecule has 98 valence electrons. The lowest BCUT2D eigenvalue weighted by Crippen LogP contribution is -2.40. The second-order valence-corrected chi connectivity index (χ2v) is 6.07. The Kier molecular flexibility index (Phi) is 4.43. The van der Waals surface area contributed by atoms with Gasteiger partial charge >= 0.3 is 0 Å². The van der Waals surface area contributed by atoms with E-state index in [1.54, 1.807) is 0 Å². The fourth-order valence-electron chi connectivity index (χ4n) is 2.65. The molecular weight excluding hydrogens is 212 g/mol. The highest BCUT2D eigenvalue weighted by Gasteiger charge is 2.34. The van der Waals surface area contributed by atoms with Crippen LogP contribution in [0.4, 0.5) is 0 Å². The lowest BCUT2D eigenvalue weighted by Gasteiger charge is -2.30. The van der Waals surface area contributed by atoms with E-state index in [0.29, 0.717) is 17.9 Å². The van der Waals surface area contributed by atoms with Gasteiger partial charge in [0.05, 0.1) is 0 Å². The Bertz CT molecular complexity index is 255. The third kappa shape index (κ3) is 3.98. The number of nitrogens with zero attached hydrogens (tertiary/aromatic N) is 1. The summed E-state index contributed by atoms with van der Waals surface area (Å²) in [6.45, 7) is 7.53. The molecule has 2 rings (SSSR count). The summed E-state index contributed by atoms with van der Waals surface area (Å²) in [5.74, 6) is 1.60. The molecule has 3 heteroatoms. The Morgan fingerprint density at radius 2 is 1.88 bits per heavy atom. The van der Waals surface area contributed by atoms with Gasteiger partial charge in [-0.1, -0.05) is 13.8 Å². The van der Waals surface area contributed by atoms with Crippen LogP contribution in [0.15, 0.2) is 0 Å². The summed E-state index contributed by atoms with van der Waals surface area (Å²) >= 11 is 0. The van der Waals surface area contributed by atoms with Gasteiger partial charge in [0.25, 0.3) is 0 Å². The van der Waals surface area contributed by atoms with Crippen molar-refractivity contribution >= 4 is 5.91 Å². The van der Waals surface area contributed by atoms with Gasteiger partial charge in [-0.15, -0.1) is 0 Å². The van der Waals surface area contributed by atoms with E-state index in [4.69, 9.17) is 0 Å². The van der Waals surface area contributed by atoms with E-state index in [-0.39, 0.29) is 0 Å². The molecule has 0 atom stereocenters. The molecule has 17 heavy (non-hydrogen) atoms. The maximum Gasteiger partial charge on any atom is 0.223 e. The fourth-order valence-corrected chi connectivity index (χ4v) is 2.65. The standard InChI is InChI=1S/C14H26N2O/c1-11(2)9-14(17)16(13-3-4-13)10-12-5-7-15-8-6-12/h11-13,15H,3-10H2,1-2H3. The van der Waals surface area contributed by atoms with Crippen molar-refractivity contribution in [3.05, 3.63) is 0 Å². The van der Waals surface area contributed by atoms with Crippen molar-refractivity contribution in [2.24, 2.45) is 11.8 Å². The van der Waals surface area contributed by atoms with Crippen molar-refractivity contribution < 1.29 is 4.79 Å². The Morgan fingerprint density at radius 3 is 2.41 bits per heavy atom. The molecule has 1 saturated carbocycles. The minimum Gasteiger partial charge on any atom is -0.339 e. The Labute approximate surface area is 105 Å². The zero-order valence-electron chi connectivity index (χ0n) is 11.2. The molecule has 1 aliphatic carbocycles. The largest absolute Gasteiger partial charge is 0.339 e. The Balaban J connectivity index is 1.85. The van der Waals surface area contributed by atoms with Gasteiger partial charge in [-0.2, -0.15) is 0 Å². The third-order valence-corrected chi connectivity index (χ3v) is 3.80. The van der Waals surface area contributed by atoms with Crippen LogP contribution in [0.2, 0.25) is 0 Å². The number of piperidine rings is 1. The van der Waals surface area contributed by atoms with E-state index >= 15 is 0 Å². The minimum absolute atomic E-state index is 0.390. The zero-order chi connectivity index (χ0) is 12.3. The quantitative estimate of drug-likeness (QED) is 0.795. The van der Waals surface area contributed by atoms with Crippen LogP contribution in [-0.4, -0.2) is 36.5 Å². The minimum atomic E-state index is 0.390. The lowest BCUT2D eigenvalue weighted by molar-refractivity contribution is -0.133. The fraction of sp³-hybridized carbons (Fsp3) is 0.929. The molecule has 0 radical (unpaired) electrons. The average Bonchev–Trinajstić information content (AvgIpc) is 3.10. The SMILES string of the molecule is CC(C)CC(=O)N(CC1CCNCC1)C1CC1. The molecule has 1 heterocycles. The number of rotatable bonds is 5. The van der Waals surface area contributed by atoms with Crippen molar-refractivity contribution in [2.45, 2.75) is 52.0 Å². The van der Waals surface area contributed by atoms with Crippen LogP contribution >= 0.6 is 0 Å². The van der Waals surface area contributed by atoms with E-state index in [1.807, 2.05) is 0 Å².